The van der Waals surface area contributed by atoms with Crippen molar-refractivity contribution in [1.82, 2.24) is 19.7 Å². The number of fused-ring (bicyclic) bond motifs is 1. The second kappa shape index (κ2) is 9.05. The van der Waals surface area contributed by atoms with Crippen molar-refractivity contribution in [3.63, 3.8) is 0 Å². The summed E-state index contributed by atoms with van der Waals surface area (Å²) in [6.45, 7) is 1.09. The number of hydrogen-bond acceptors (Lipinski definition) is 9. The molecular weight excluding hydrogens is 452 g/mol. The molecule has 5 rings (SSSR count). The first kappa shape index (κ1) is 22.9. The molecule has 2 N–H and O–H groups in total. The van der Waals surface area contributed by atoms with Crippen LogP contribution in [0.2, 0.25) is 0 Å². The maximum atomic E-state index is 12.1. The Bertz CT molecular complexity index is 1280. The van der Waals surface area contributed by atoms with Gasteiger partial charge in [0.1, 0.15) is 16.8 Å². The summed E-state index contributed by atoms with van der Waals surface area (Å²) >= 11 is 0. The molecule has 11 heteroatoms. The highest BCUT2D eigenvalue weighted by Gasteiger charge is 2.52. The zero-order valence-corrected chi connectivity index (χ0v) is 20.0. The Morgan fingerprint density at radius 2 is 1.94 bits per heavy atom. The summed E-state index contributed by atoms with van der Waals surface area (Å²) in [5, 5.41) is 10.5. The Labute approximate surface area is 202 Å². The minimum Gasteiger partial charge on any atom is -0.496 e. The molecule has 1 spiro atoms. The highest BCUT2D eigenvalue weighted by molar-refractivity contribution is 5.90. The van der Waals surface area contributed by atoms with Gasteiger partial charge in [-0.1, -0.05) is 0 Å². The largest absolute Gasteiger partial charge is 0.496 e. The molecule has 2 saturated carbocycles. The van der Waals surface area contributed by atoms with Crippen molar-refractivity contribution >= 4 is 34.9 Å². The summed E-state index contributed by atoms with van der Waals surface area (Å²) in [5.41, 5.74) is 3.01. The summed E-state index contributed by atoms with van der Waals surface area (Å²) in [4.78, 5) is 32.8. The third kappa shape index (κ3) is 4.58. The summed E-state index contributed by atoms with van der Waals surface area (Å²) < 4.78 is 16.8. The molecule has 0 radical (unpaired) electrons. The van der Waals surface area contributed by atoms with Gasteiger partial charge in [-0.05, 0) is 55.2 Å². The van der Waals surface area contributed by atoms with Crippen LogP contribution in [-0.2, 0) is 16.0 Å². The highest BCUT2D eigenvalue weighted by atomic mass is 16.5. The molecule has 0 atom stereocenters. The fourth-order valence-electron chi connectivity index (χ4n) is 4.88. The van der Waals surface area contributed by atoms with Gasteiger partial charge >= 0.3 is 12.1 Å². The number of esters is 1. The zero-order chi connectivity index (χ0) is 24.6. The van der Waals surface area contributed by atoms with Crippen LogP contribution in [0.3, 0.4) is 0 Å². The quantitative estimate of drug-likeness (QED) is 0.466. The summed E-state index contributed by atoms with van der Waals surface area (Å²) in [5.74, 6) is 1.47. The van der Waals surface area contributed by atoms with E-state index in [0.717, 1.165) is 12.1 Å². The van der Waals surface area contributed by atoms with Gasteiger partial charge in [-0.15, -0.1) is 0 Å². The molecular formula is C24H28N6O5. The fraction of sp³-hybridized carbons (Fsp3) is 0.458. The molecule has 2 aromatic heterocycles. The molecule has 35 heavy (non-hydrogen) atoms. The van der Waals surface area contributed by atoms with Crippen LogP contribution in [0.25, 0.3) is 11.0 Å². The van der Waals surface area contributed by atoms with E-state index in [-0.39, 0.29) is 5.95 Å². The Hall–Kier alpha value is -3.89. The van der Waals surface area contributed by atoms with E-state index < -0.39 is 12.1 Å². The van der Waals surface area contributed by atoms with E-state index in [1.54, 1.807) is 36.2 Å². The smallest absolute Gasteiger partial charge is 0.413 e. The number of ether oxygens (including phenoxy) is 3. The number of carbonyl (C=O) groups is 2. The van der Waals surface area contributed by atoms with Gasteiger partial charge in [-0.3, -0.25) is 10.00 Å². The molecule has 0 unspecified atom stereocenters. The molecule has 2 fully saturated rings. The van der Waals surface area contributed by atoms with Crippen LogP contribution < -0.4 is 15.4 Å². The molecule has 3 aromatic rings. The monoisotopic (exact) mass is 480 g/mol. The normalized spacial score (nSPS) is 16.0. The highest BCUT2D eigenvalue weighted by Crippen LogP contribution is 2.63. The average Bonchev–Trinajstić information content (AvgIpc) is 3.55. The van der Waals surface area contributed by atoms with Gasteiger partial charge < -0.3 is 19.5 Å². The molecule has 184 valence electrons. The van der Waals surface area contributed by atoms with Crippen LogP contribution in [0, 0.1) is 11.3 Å². The van der Waals surface area contributed by atoms with Crippen LogP contribution in [-0.4, -0.2) is 59.7 Å². The number of aromatic nitrogens is 4. The van der Waals surface area contributed by atoms with Crippen LogP contribution in [0.15, 0.2) is 24.4 Å². The lowest BCUT2D eigenvalue weighted by molar-refractivity contribution is 0.0600. The van der Waals surface area contributed by atoms with Crippen LogP contribution >= 0.6 is 0 Å². The van der Waals surface area contributed by atoms with Crippen molar-refractivity contribution in [2.24, 2.45) is 11.3 Å². The van der Waals surface area contributed by atoms with Crippen molar-refractivity contribution in [3.05, 3.63) is 35.5 Å². The lowest BCUT2D eigenvalue weighted by Gasteiger charge is -2.36. The van der Waals surface area contributed by atoms with Gasteiger partial charge in [0.15, 0.2) is 5.82 Å². The summed E-state index contributed by atoms with van der Waals surface area (Å²) in [7, 11) is 4.20. The summed E-state index contributed by atoms with van der Waals surface area (Å²) in [6, 6.07) is 5.11. The number of carbonyl (C=O) groups excluding carboxylic acids is 2. The Morgan fingerprint density at radius 1 is 1.14 bits per heavy atom. The SMILES string of the molecule is COC(=O)Nc1nc(NCC2CC3(CC3)C2)c2c(cnn2Cc2cc(C(=O)OC)ccc2OC)n1. The second-order valence-corrected chi connectivity index (χ2v) is 9.22. The van der Waals surface area contributed by atoms with Crippen molar-refractivity contribution in [2.75, 3.05) is 38.5 Å². The van der Waals surface area contributed by atoms with Gasteiger partial charge in [-0.25, -0.2) is 14.6 Å². The van der Waals surface area contributed by atoms with E-state index >= 15 is 0 Å². The number of nitrogens with zero attached hydrogens (tertiary/aromatic N) is 4. The number of anilines is 2. The van der Waals surface area contributed by atoms with Crippen LogP contribution in [0.5, 0.6) is 5.75 Å². The van der Waals surface area contributed by atoms with Crippen LogP contribution in [0.4, 0.5) is 16.6 Å². The molecule has 0 aliphatic heterocycles. The molecule has 2 aliphatic carbocycles. The fourth-order valence-corrected chi connectivity index (χ4v) is 4.88. The molecule has 1 aromatic carbocycles. The van der Waals surface area contributed by atoms with Gasteiger partial charge in [0, 0.05) is 12.1 Å². The van der Waals surface area contributed by atoms with Gasteiger partial charge in [0.25, 0.3) is 0 Å². The van der Waals surface area contributed by atoms with Crippen molar-refractivity contribution in [2.45, 2.75) is 32.2 Å². The van der Waals surface area contributed by atoms with Gasteiger partial charge in [-0.2, -0.15) is 10.1 Å². The molecule has 0 bridgehead atoms. The first-order chi connectivity index (χ1) is 16.9. The van der Waals surface area contributed by atoms with E-state index in [0.29, 0.717) is 46.0 Å². The number of benzene rings is 1. The Kier molecular flexibility index (Phi) is 5.91. The first-order valence-electron chi connectivity index (χ1n) is 11.5. The molecule has 2 aliphatic rings. The number of rotatable bonds is 8. The maximum Gasteiger partial charge on any atom is 0.413 e. The zero-order valence-electron chi connectivity index (χ0n) is 20.0. The first-order valence-corrected chi connectivity index (χ1v) is 11.5. The summed E-state index contributed by atoms with van der Waals surface area (Å²) in [6.07, 6.45) is 6.11. The van der Waals surface area contributed by atoms with E-state index in [1.165, 1.54) is 39.9 Å². The van der Waals surface area contributed by atoms with Gasteiger partial charge in [0.05, 0.1) is 39.6 Å². The minimum absolute atomic E-state index is 0.129. The third-order valence-electron chi connectivity index (χ3n) is 6.87. The predicted molar refractivity (Wildman–Crippen MR) is 128 cm³/mol. The number of amides is 1. The topological polar surface area (TPSA) is 129 Å². The number of nitrogens with one attached hydrogen (secondary N) is 2. The molecule has 2 heterocycles. The van der Waals surface area contributed by atoms with Crippen molar-refractivity contribution in [3.8, 4) is 5.75 Å². The lowest BCUT2D eigenvalue weighted by Crippen LogP contribution is -2.31. The molecule has 11 nitrogen and oxygen atoms in total. The lowest BCUT2D eigenvalue weighted by atomic mass is 9.72. The Balaban J connectivity index is 1.47. The number of methoxy groups -OCH3 is 3. The van der Waals surface area contributed by atoms with Crippen LogP contribution in [0.1, 0.15) is 41.6 Å². The van der Waals surface area contributed by atoms with Gasteiger partial charge in [0.2, 0.25) is 5.95 Å². The standard InChI is InChI=1S/C24H28N6O5/c1-33-18-5-4-15(21(31)34-2)8-16(18)13-30-19-17(12-26-30)27-22(29-23(32)35-3)28-20(19)25-11-14-9-24(10-14)6-7-24/h4-5,8,12,14H,6-7,9-11,13H2,1-3H3,(H2,25,27,28,29,32). The minimum atomic E-state index is -0.651. The Morgan fingerprint density at radius 3 is 2.63 bits per heavy atom. The number of hydrogen-bond donors (Lipinski definition) is 2. The van der Waals surface area contributed by atoms with E-state index in [1.807, 2.05) is 0 Å². The van der Waals surface area contributed by atoms with Crippen molar-refractivity contribution in [1.29, 1.82) is 0 Å². The predicted octanol–water partition coefficient (Wildman–Crippen LogP) is 3.45. The third-order valence-corrected chi connectivity index (χ3v) is 6.87. The molecule has 1 amide bonds. The molecule has 0 saturated heterocycles. The van der Waals surface area contributed by atoms with E-state index in [9.17, 15) is 9.59 Å². The van der Waals surface area contributed by atoms with E-state index in [4.69, 9.17) is 9.47 Å². The maximum absolute atomic E-state index is 12.1. The second-order valence-electron chi connectivity index (χ2n) is 9.22. The van der Waals surface area contributed by atoms with Crippen molar-refractivity contribution < 1.29 is 23.8 Å². The van der Waals surface area contributed by atoms with E-state index in [2.05, 4.69) is 30.4 Å². The average molecular weight is 481 g/mol.